The molecule has 1 aliphatic heterocycles. The molecule has 0 N–H and O–H groups in total. The van der Waals surface area contributed by atoms with Crippen LogP contribution in [0, 0.1) is 10.1 Å². The van der Waals surface area contributed by atoms with Gasteiger partial charge in [0.25, 0.3) is 0 Å². The first-order valence-corrected chi connectivity index (χ1v) is 5.66. The first-order valence-electron chi connectivity index (χ1n) is 5.66. The number of rotatable bonds is 5. The highest BCUT2D eigenvalue weighted by Crippen LogP contribution is 2.06. The van der Waals surface area contributed by atoms with Gasteiger partial charge in [-0.05, 0) is 6.42 Å². The molecule has 1 saturated heterocycles. The Morgan fingerprint density at radius 1 is 1.41 bits per heavy atom. The number of carbonyl (C=O) groups is 1. The Hall–Kier alpha value is -1.41. The van der Waals surface area contributed by atoms with Crippen LogP contribution in [-0.2, 0) is 4.74 Å². The Labute approximate surface area is 99.6 Å². The average molecular weight is 245 g/mol. The van der Waals surface area contributed by atoms with Crippen molar-refractivity contribution in [2.24, 2.45) is 5.29 Å². The molecule has 0 unspecified atom stereocenters. The maximum absolute atomic E-state index is 11.5. The zero-order valence-electron chi connectivity index (χ0n) is 9.87. The van der Waals surface area contributed by atoms with Gasteiger partial charge in [-0.25, -0.2) is 9.80 Å². The lowest BCUT2D eigenvalue weighted by Crippen LogP contribution is -2.52. The summed E-state index contributed by atoms with van der Waals surface area (Å²) in [6.07, 6.45) is 1.45. The second kappa shape index (κ2) is 7.02. The van der Waals surface area contributed by atoms with E-state index in [9.17, 15) is 14.9 Å². The van der Waals surface area contributed by atoms with Gasteiger partial charge in [-0.2, -0.15) is 0 Å². The SMILES string of the molecule is CCCCOC(=O)N1CCN(N([O-])N=O)CC1. The van der Waals surface area contributed by atoms with Gasteiger partial charge in [0.2, 0.25) is 0 Å². The molecular weight excluding hydrogens is 228 g/mol. The van der Waals surface area contributed by atoms with Crippen molar-refractivity contribution in [2.45, 2.75) is 19.8 Å². The lowest BCUT2D eigenvalue weighted by Gasteiger charge is -2.40. The molecule has 0 atom stereocenters. The standard InChI is InChI=1S/C9H17N4O4/c1-2-3-8-17-9(14)11-4-6-12(7-5-11)13(16)10-15/h2-8H2,1H3/q-1. The van der Waals surface area contributed by atoms with Crippen LogP contribution in [0.25, 0.3) is 0 Å². The summed E-state index contributed by atoms with van der Waals surface area (Å²) in [5.74, 6) is 0. The van der Waals surface area contributed by atoms with E-state index in [1.165, 1.54) is 9.91 Å². The van der Waals surface area contributed by atoms with Crippen molar-refractivity contribution < 1.29 is 9.53 Å². The van der Waals surface area contributed by atoms with Gasteiger partial charge < -0.3 is 14.8 Å². The topological polar surface area (TPSA) is 88.5 Å². The van der Waals surface area contributed by atoms with E-state index < -0.39 is 0 Å². The number of piperazine rings is 1. The minimum atomic E-state index is -0.366. The maximum Gasteiger partial charge on any atom is 0.409 e. The minimum absolute atomic E-state index is 0.0136. The van der Waals surface area contributed by atoms with Crippen LogP contribution in [0.1, 0.15) is 19.8 Å². The molecule has 1 heterocycles. The molecule has 0 aliphatic carbocycles. The van der Waals surface area contributed by atoms with Gasteiger partial charge in [0.1, 0.15) is 0 Å². The number of unbranched alkanes of at least 4 members (excludes halogenated alkanes) is 1. The van der Waals surface area contributed by atoms with Gasteiger partial charge in [-0.15, -0.1) is 4.91 Å². The molecule has 8 heteroatoms. The van der Waals surface area contributed by atoms with Gasteiger partial charge in [0.15, 0.2) is 0 Å². The Morgan fingerprint density at radius 2 is 2.06 bits per heavy atom. The summed E-state index contributed by atoms with van der Waals surface area (Å²) in [6, 6.07) is 0. The molecule has 0 aromatic heterocycles. The predicted molar refractivity (Wildman–Crippen MR) is 60.4 cm³/mol. The zero-order chi connectivity index (χ0) is 12.7. The number of nitrogens with zero attached hydrogens (tertiary/aromatic N) is 4. The van der Waals surface area contributed by atoms with E-state index in [4.69, 9.17) is 4.74 Å². The van der Waals surface area contributed by atoms with E-state index in [1.54, 1.807) is 0 Å². The third kappa shape index (κ3) is 4.16. The van der Waals surface area contributed by atoms with E-state index in [0.29, 0.717) is 19.7 Å². The number of hydrazine groups is 1. The molecule has 1 aliphatic rings. The van der Waals surface area contributed by atoms with Crippen LogP contribution in [-0.4, -0.2) is 54.1 Å². The van der Waals surface area contributed by atoms with Gasteiger partial charge in [-0.1, -0.05) is 13.3 Å². The van der Waals surface area contributed by atoms with Crippen LogP contribution >= 0.6 is 0 Å². The van der Waals surface area contributed by atoms with E-state index >= 15 is 0 Å². The smallest absolute Gasteiger partial charge is 0.409 e. The van der Waals surface area contributed by atoms with Crippen molar-refractivity contribution in [1.82, 2.24) is 15.2 Å². The Morgan fingerprint density at radius 3 is 2.59 bits per heavy atom. The Kier molecular flexibility index (Phi) is 5.64. The van der Waals surface area contributed by atoms with Gasteiger partial charge in [0, 0.05) is 26.2 Å². The van der Waals surface area contributed by atoms with Gasteiger partial charge in [0.05, 0.1) is 11.9 Å². The molecule has 1 fully saturated rings. The molecule has 0 saturated carbocycles. The third-order valence-electron chi connectivity index (χ3n) is 2.55. The van der Waals surface area contributed by atoms with Crippen LogP contribution in [0.2, 0.25) is 0 Å². The number of nitroso groups, excluding NO2 is 1. The fraction of sp³-hybridized carbons (Fsp3) is 0.889. The van der Waals surface area contributed by atoms with Crippen molar-refractivity contribution in [3.05, 3.63) is 10.1 Å². The van der Waals surface area contributed by atoms with Crippen LogP contribution in [0.5, 0.6) is 0 Å². The van der Waals surface area contributed by atoms with Gasteiger partial charge >= 0.3 is 6.09 Å². The zero-order valence-corrected chi connectivity index (χ0v) is 9.87. The van der Waals surface area contributed by atoms with Crippen LogP contribution < -0.4 is 0 Å². The first kappa shape index (κ1) is 13.7. The fourth-order valence-electron chi connectivity index (χ4n) is 1.50. The van der Waals surface area contributed by atoms with Crippen molar-refractivity contribution in [3.63, 3.8) is 0 Å². The van der Waals surface area contributed by atoms with Crippen LogP contribution in [0.3, 0.4) is 0 Å². The molecule has 98 valence electrons. The summed E-state index contributed by atoms with van der Waals surface area (Å²) in [5.41, 5.74) is 0. The Balaban J connectivity index is 2.26. The van der Waals surface area contributed by atoms with E-state index in [1.807, 2.05) is 6.92 Å². The van der Waals surface area contributed by atoms with Crippen LogP contribution in [0.4, 0.5) is 4.79 Å². The molecule has 8 nitrogen and oxygen atoms in total. The van der Waals surface area contributed by atoms with E-state index in [-0.39, 0.29) is 24.5 Å². The molecule has 0 radical (unpaired) electrons. The fourth-order valence-corrected chi connectivity index (χ4v) is 1.50. The summed E-state index contributed by atoms with van der Waals surface area (Å²) in [6.45, 7) is 3.73. The Bertz CT molecular complexity index is 255. The first-order chi connectivity index (χ1) is 8.19. The average Bonchev–Trinajstić information content (AvgIpc) is 2.38. The molecule has 1 amide bonds. The quantitative estimate of drug-likeness (QED) is 0.407. The molecular formula is C9H17N4O4-. The number of carbonyl (C=O) groups excluding carboxylic acids is 1. The molecule has 0 spiro atoms. The molecule has 0 aromatic carbocycles. The van der Waals surface area contributed by atoms with Crippen molar-refractivity contribution in [3.8, 4) is 0 Å². The highest BCUT2D eigenvalue weighted by molar-refractivity contribution is 5.67. The predicted octanol–water partition coefficient (Wildman–Crippen LogP) is 0.937. The summed E-state index contributed by atoms with van der Waals surface area (Å²) >= 11 is 0. The highest BCUT2D eigenvalue weighted by atomic mass is 16.6. The molecule has 17 heavy (non-hydrogen) atoms. The monoisotopic (exact) mass is 245 g/mol. The second-order valence-electron chi connectivity index (χ2n) is 3.74. The normalized spacial score (nSPS) is 16.7. The van der Waals surface area contributed by atoms with E-state index in [0.717, 1.165) is 12.8 Å². The third-order valence-corrected chi connectivity index (χ3v) is 2.55. The second-order valence-corrected chi connectivity index (χ2v) is 3.74. The van der Waals surface area contributed by atoms with Crippen molar-refractivity contribution in [2.75, 3.05) is 32.8 Å². The number of ether oxygens (including phenoxy) is 1. The molecule has 0 aromatic rings. The largest absolute Gasteiger partial charge is 0.724 e. The van der Waals surface area contributed by atoms with Gasteiger partial charge in [-0.3, -0.25) is 5.28 Å². The van der Waals surface area contributed by atoms with Crippen molar-refractivity contribution >= 4 is 6.09 Å². The highest BCUT2D eigenvalue weighted by Gasteiger charge is 2.22. The minimum Gasteiger partial charge on any atom is -0.724 e. The molecule has 0 bridgehead atoms. The number of amides is 1. The van der Waals surface area contributed by atoms with E-state index in [2.05, 4.69) is 5.29 Å². The lowest BCUT2D eigenvalue weighted by atomic mass is 10.3. The van der Waals surface area contributed by atoms with Crippen LogP contribution in [0.15, 0.2) is 5.29 Å². The number of hydrogen-bond donors (Lipinski definition) is 0. The maximum atomic E-state index is 11.5. The molecule has 1 rings (SSSR count). The summed E-state index contributed by atoms with van der Waals surface area (Å²) in [7, 11) is 0. The lowest BCUT2D eigenvalue weighted by molar-refractivity contribution is -0.0205. The summed E-state index contributed by atoms with van der Waals surface area (Å²) < 4.78 is 5.04. The summed E-state index contributed by atoms with van der Waals surface area (Å²) in [5, 5.41) is 14.4. The number of hydrogen-bond acceptors (Lipinski definition) is 6. The summed E-state index contributed by atoms with van der Waals surface area (Å²) in [4.78, 5) is 23.1. The van der Waals surface area contributed by atoms with Crippen molar-refractivity contribution in [1.29, 1.82) is 0 Å².